The number of ether oxygens (including phenoxy) is 1. The van der Waals surface area contributed by atoms with Crippen molar-refractivity contribution in [2.75, 3.05) is 62.3 Å². The highest BCUT2D eigenvalue weighted by molar-refractivity contribution is 7.18. The van der Waals surface area contributed by atoms with Crippen molar-refractivity contribution in [1.82, 2.24) is 15.1 Å². The van der Waals surface area contributed by atoms with Gasteiger partial charge in [0.2, 0.25) is 5.13 Å². The molecule has 0 aliphatic carbocycles. The van der Waals surface area contributed by atoms with Crippen LogP contribution in [0.15, 0.2) is 40.8 Å². The number of anilines is 2. The van der Waals surface area contributed by atoms with Gasteiger partial charge in [-0.3, -0.25) is 15.5 Å². The van der Waals surface area contributed by atoms with E-state index < -0.39 is 4.92 Å². The topological polar surface area (TPSA) is 125 Å². The molecule has 172 valence electrons. The molecule has 0 atom stereocenters. The molecule has 2 fully saturated rings. The number of nitrogens with zero attached hydrogens (tertiary/aromatic N) is 6. The molecule has 1 aromatic carbocycles. The molecular weight excluding hydrogens is 446 g/mol. The third kappa shape index (κ3) is 4.52. The third-order valence-electron chi connectivity index (χ3n) is 5.78. The zero-order chi connectivity index (χ0) is 22.8. The first-order valence-corrected chi connectivity index (χ1v) is 11.5. The van der Waals surface area contributed by atoms with Gasteiger partial charge in [-0.15, -0.1) is 10.2 Å². The summed E-state index contributed by atoms with van der Waals surface area (Å²) >= 11 is 1.36. The van der Waals surface area contributed by atoms with Crippen molar-refractivity contribution in [2.24, 2.45) is 0 Å². The molecule has 0 saturated carbocycles. The second-order valence-electron chi connectivity index (χ2n) is 7.75. The van der Waals surface area contributed by atoms with Gasteiger partial charge in [0, 0.05) is 50.5 Å². The maximum Gasteiger partial charge on any atom is 0.433 e. The normalized spacial score (nSPS) is 16.8. The van der Waals surface area contributed by atoms with Crippen molar-refractivity contribution in [3.63, 3.8) is 0 Å². The number of rotatable bonds is 5. The summed E-state index contributed by atoms with van der Waals surface area (Å²) < 4.78 is 10.6. The lowest BCUT2D eigenvalue weighted by atomic mass is 10.1. The smallest absolute Gasteiger partial charge is 0.398 e. The summed E-state index contributed by atoms with van der Waals surface area (Å²) in [5.74, 6) is 0.594. The molecule has 2 saturated heterocycles. The first-order valence-electron chi connectivity index (χ1n) is 10.7. The van der Waals surface area contributed by atoms with Crippen LogP contribution in [0.25, 0.3) is 10.8 Å². The molecule has 2 aliphatic heterocycles. The lowest BCUT2D eigenvalue weighted by Crippen LogP contribution is -2.46. The van der Waals surface area contributed by atoms with E-state index >= 15 is 0 Å². The van der Waals surface area contributed by atoms with Crippen molar-refractivity contribution >= 4 is 33.9 Å². The van der Waals surface area contributed by atoms with Crippen LogP contribution in [-0.2, 0) is 4.74 Å². The van der Waals surface area contributed by atoms with E-state index in [0.717, 1.165) is 55.7 Å². The van der Waals surface area contributed by atoms with Gasteiger partial charge in [0.05, 0.1) is 19.3 Å². The third-order valence-corrected chi connectivity index (χ3v) is 6.78. The van der Waals surface area contributed by atoms with E-state index in [0.29, 0.717) is 29.8 Å². The Bertz CT molecular complexity index is 1130. The molecule has 11 nitrogen and oxygen atoms in total. The molecule has 0 amide bonds. The molecule has 0 spiro atoms. The minimum atomic E-state index is -0.567. The quantitative estimate of drug-likeness (QED) is 0.260. The molecule has 12 heteroatoms. The first-order chi connectivity index (χ1) is 16.1. The summed E-state index contributed by atoms with van der Waals surface area (Å²) in [6.45, 7) is 6.10. The van der Waals surface area contributed by atoms with Gasteiger partial charge in [0.15, 0.2) is 10.8 Å². The van der Waals surface area contributed by atoms with E-state index in [9.17, 15) is 10.1 Å². The van der Waals surface area contributed by atoms with Crippen molar-refractivity contribution in [3.8, 4) is 10.8 Å². The van der Waals surface area contributed by atoms with Gasteiger partial charge >= 0.3 is 5.88 Å². The first kappa shape index (κ1) is 21.3. The van der Waals surface area contributed by atoms with E-state index in [4.69, 9.17) is 14.6 Å². The zero-order valence-corrected chi connectivity index (χ0v) is 18.7. The minimum Gasteiger partial charge on any atom is -0.398 e. The second kappa shape index (κ2) is 9.16. The van der Waals surface area contributed by atoms with Gasteiger partial charge in [-0.2, -0.15) is 0 Å². The molecule has 0 radical (unpaired) electrons. The summed E-state index contributed by atoms with van der Waals surface area (Å²) in [5, 5.41) is 29.0. The number of hydrogen-bond acceptors (Lipinski definition) is 10. The number of furan rings is 1. The minimum absolute atomic E-state index is 0.304. The van der Waals surface area contributed by atoms with Crippen LogP contribution >= 0.6 is 11.3 Å². The fourth-order valence-electron chi connectivity index (χ4n) is 3.94. The predicted octanol–water partition coefficient (Wildman–Crippen LogP) is 2.69. The molecule has 5 rings (SSSR count). The number of morpholine rings is 1. The van der Waals surface area contributed by atoms with Crippen LogP contribution in [0.4, 0.5) is 16.7 Å². The number of benzene rings is 1. The number of nitrogens with one attached hydrogen (secondary N) is 1. The van der Waals surface area contributed by atoms with Gasteiger partial charge in [-0.25, -0.2) is 0 Å². The Balaban J connectivity index is 1.18. The summed E-state index contributed by atoms with van der Waals surface area (Å²) in [6.07, 6.45) is 0. The summed E-state index contributed by atoms with van der Waals surface area (Å²) in [5.41, 5.74) is 2.05. The fourth-order valence-corrected chi connectivity index (χ4v) is 4.80. The Labute approximate surface area is 193 Å². The molecule has 3 aromatic rings. The van der Waals surface area contributed by atoms with E-state index in [1.165, 1.54) is 17.4 Å². The van der Waals surface area contributed by atoms with Crippen LogP contribution in [0, 0.1) is 15.5 Å². The van der Waals surface area contributed by atoms with E-state index in [-0.39, 0.29) is 5.88 Å². The molecular formula is C21H23N7O4S. The molecule has 4 heterocycles. The SMILES string of the molecule is N=C(c1ccc(N2CCN(c3nnc(-c4ccc([N+](=O)[O-])o4)s3)CC2)cc1)N1CCOCC1. The lowest BCUT2D eigenvalue weighted by Gasteiger charge is -2.36. The molecule has 1 N–H and O–H groups in total. The summed E-state index contributed by atoms with van der Waals surface area (Å²) in [6, 6.07) is 11.0. The van der Waals surface area contributed by atoms with Crippen LogP contribution in [-0.4, -0.2) is 78.3 Å². The standard InChI is InChI=1S/C21H23N7O4S/c22-19(26-11-13-31-14-12-26)15-1-3-16(4-2-15)25-7-9-27(10-8-25)21-24-23-20(33-21)17-5-6-18(32-17)28(29)30/h1-6,22H,7-14H2. The van der Waals surface area contributed by atoms with Crippen LogP contribution in [0.1, 0.15) is 5.56 Å². The van der Waals surface area contributed by atoms with Crippen LogP contribution in [0.2, 0.25) is 0 Å². The monoisotopic (exact) mass is 469 g/mol. The summed E-state index contributed by atoms with van der Waals surface area (Å²) in [4.78, 5) is 16.8. The number of hydrogen-bond donors (Lipinski definition) is 1. The molecule has 2 aliphatic rings. The van der Waals surface area contributed by atoms with Gasteiger partial charge in [-0.1, -0.05) is 11.3 Å². The Morgan fingerprint density at radius 2 is 1.67 bits per heavy atom. The summed E-state index contributed by atoms with van der Waals surface area (Å²) in [7, 11) is 0. The largest absolute Gasteiger partial charge is 0.433 e. The predicted molar refractivity (Wildman–Crippen MR) is 124 cm³/mol. The average molecular weight is 470 g/mol. The van der Waals surface area contributed by atoms with E-state index in [1.807, 2.05) is 12.1 Å². The Hall–Kier alpha value is -3.51. The highest BCUT2D eigenvalue weighted by Crippen LogP contribution is 2.32. The van der Waals surface area contributed by atoms with Gasteiger partial charge in [0.25, 0.3) is 0 Å². The second-order valence-corrected chi connectivity index (χ2v) is 8.71. The van der Waals surface area contributed by atoms with Crippen LogP contribution in [0.5, 0.6) is 0 Å². The van der Waals surface area contributed by atoms with E-state index in [1.54, 1.807) is 6.07 Å². The van der Waals surface area contributed by atoms with Crippen molar-refractivity contribution in [2.45, 2.75) is 0 Å². The van der Waals surface area contributed by atoms with Gasteiger partial charge < -0.3 is 23.9 Å². The molecule has 0 unspecified atom stereocenters. The number of nitro groups is 1. The highest BCUT2D eigenvalue weighted by atomic mass is 32.1. The number of amidine groups is 1. The Morgan fingerprint density at radius 1 is 0.970 bits per heavy atom. The zero-order valence-electron chi connectivity index (χ0n) is 17.8. The number of aromatic nitrogens is 2. The molecule has 33 heavy (non-hydrogen) atoms. The van der Waals surface area contributed by atoms with Crippen molar-refractivity contribution in [1.29, 1.82) is 5.41 Å². The van der Waals surface area contributed by atoms with Crippen LogP contribution in [0.3, 0.4) is 0 Å². The Morgan fingerprint density at radius 3 is 2.33 bits per heavy atom. The Kier molecular flexibility index (Phi) is 5.92. The average Bonchev–Trinajstić information content (AvgIpc) is 3.55. The van der Waals surface area contributed by atoms with Crippen molar-refractivity contribution < 1.29 is 14.1 Å². The fraction of sp³-hybridized carbons (Fsp3) is 0.381. The van der Waals surface area contributed by atoms with Crippen molar-refractivity contribution in [3.05, 3.63) is 52.1 Å². The molecule has 2 aromatic heterocycles. The van der Waals surface area contributed by atoms with E-state index in [2.05, 4.69) is 37.0 Å². The maximum atomic E-state index is 10.8. The maximum absolute atomic E-state index is 10.8. The highest BCUT2D eigenvalue weighted by Gasteiger charge is 2.23. The molecule has 0 bridgehead atoms. The lowest BCUT2D eigenvalue weighted by molar-refractivity contribution is -0.401. The van der Waals surface area contributed by atoms with Gasteiger partial charge in [-0.05, 0) is 30.3 Å². The van der Waals surface area contributed by atoms with Gasteiger partial charge in [0.1, 0.15) is 10.8 Å². The number of piperazine rings is 1. The van der Waals surface area contributed by atoms with Crippen LogP contribution < -0.4 is 9.80 Å².